The van der Waals surface area contributed by atoms with E-state index in [0.29, 0.717) is 5.92 Å². The van der Waals surface area contributed by atoms with Gasteiger partial charge in [-0.15, -0.1) is 0 Å². The summed E-state index contributed by atoms with van der Waals surface area (Å²) in [5.74, 6) is 2.84. The van der Waals surface area contributed by atoms with Gasteiger partial charge in [-0.2, -0.15) is 11.8 Å². The Morgan fingerprint density at radius 3 is 2.46 bits per heavy atom. The van der Waals surface area contributed by atoms with Crippen LogP contribution in [-0.2, 0) is 4.74 Å². The van der Waals surface area contributed by atoms with Crippen molar-refractivity contribution in [2.75, 3.05) is 24.7 Å². The van der Waals surface area contributed by atoms with Crippen LogP contribution in [0, 0.1) is 5.92 Å². The molecule has 0 fully saturated rings. The second-order valence-corrected chi connectivity index (χ2v) is 5.53. The van der Waals surface area contributed by atoms with Gasteiger partial charge in [0.15, 0.2) is 0 Å². The molecule has 0 aliphatic heterocycles. The van der Waals surface area contributed by atoms with Gasteiger partial charge in [0.2, 0.25) is 0 Å². The Hall–Kier alpha value is 0.270. The van der Waals surface area contributed by atoms with Gasteiger partial charge in [0, 0.05) is 5.75 Å². The third-order valence-corrected chi connectivity index (χ3v) is 2.83. The largest absolute Gasteiger partial charge is 0.375 e. The summed E-state index contributed by atoms with van der Waals surface area (Å²) >= 11 is 1.92. The minimum atomic E-state index is 0.0000431. The summed E-state index contributed by atoms with van der Waals surface area (Å²) in [6, 6.07) is 0. The molecular formula is C10H23NOS. The predicted molar refractivity (Wildman–Crippen MR) is 61.2 cm³/mol. The third-order valence-electron chi connectivity index (χ3n) is 1.57. The van der Waals surface area contributed by atoms with E-state index in [0.717, 1.165) is 24.7 Å². The summed E-state index contributed by atoms with van der Waals surface area (Å²) in [5, 5.41) is 0. The first kappa shape index (κ1) is 13.3. The van der Waals surface area contributed by atoms with Crippen molar-refractivity contribution in [2.45, 2.75) is 33.3 Å². The van der Waals surface area contributed by atoms with Crippen LogP contribution in [0.2, 0.25) is 0 Å². The average Bonchev–Trinajstić information content (AvgIpc) is 2.01. The molecule has 0 rings (SSSR count). The topological polar surface area (TPSA) is 35.2 Å². The Bertz CT molecular complexity index is 123. The lowest BCUT2D eigenvalue weighted by atomic mass is 10.2. The molecule has 0 aliphatic rings. The fourth-order valence-electron chi connectivity index (χ4n) is 0.759. The summed E-state index contributed by atoms with van der Waals surface area (Å²) in [7, 11) is 0. The van der Waals surface area contributed by atoms with Crippen molar-refractivity contribution < 1.29 is 4.74 Å². The Kier molecular flexibility index (Phi) is 6.82. The van der Waals surface area contributed by atoms with E-state index >= 15 is 0 Å². The Labute approximate surface area is 86.6 Å². The number of ether oxygens (including phenoxy) is 1. The molecule has 2 N–H and O–H groups in total. The van der Waals surface area contributed by atoms with Crippen LogP contribution in [0.5, 0.6) is 0 Å². The SMILES string of the molecule is CC(CN)CSCCOC(C)(C)C. The maximum atomic E-state index is 5.59. The predicted octanol–water partition coefficient (Wildman–Crippen LogP) is 2.13. The van der Waals surface area contributed by atoms with E-state index in [9.17, 15) is 0 Å². The Balaban J connectivity index is 3.18. The highest BCUT2D eigenvalue weighted by atomic mass is 32.2. The third kappa shape index (κ3) is 10.2. The summed E-state index contributed by atoms with van der Waals surface area (Å²) in [6.07, 6.45) is 0. The second-order valence-electron chi connectivity index (χ2n) is 4.38. The van der Waals surface area contributed by atoms with Crippen LogP contribution < -0.4 is 5.73 Å². The van der Waals surface area contributed by atoms with Crippen LogP contribution in [0.4, 0.5) is 0 Å². The zero-order valence-corrected chi connectivity index (χ0v) is 10.1. The number of nitrogens with two attached hydrogens (primary N) is 1. The summed E-state index contributed by atoms with van der Waals surface area (Å²) in [4.78, 5) is 0. The highest BCUT2D eigenvalue weighted by Gasteiger charge is 2.09. The molecule has 0 aromatic rings. The van der Waals surface area contributed by atoms with Crippen molar-refractivity contribution in [1.82, 2.24) is 0 Å². The molecule has 0 saturated carbocycles. The van der Waals surface area contributed by atoms with Gasteiger partial charge < -0.3 is 10.5 Å². The molecule has 0 aliphatic carbocycles. The van der Waals surface area contributed by atoms with E-state index in [-0.39, 0.29) is 5.60 Å². The van der Waals surface area contributed by atoms with Gasteiger partial charge in [-0.1, -0.05) is 6.92 Å². The van der Waals surface area contributed by atoms with Crippen LogP contribution >= 0.6 is 11.8 Å². The normalized spacial score (nSPS) is 14.5. The monoisotopic (exact) mass is 205 g/mol. The van der Waals surface area contributed by atoms with Gasteiger partial charge in [-0.05, 0) is 39.0 Å². The molecular weight excluding hydrogens is 182 g/mol. The quantitative estimate of drug-likeness (QED) is 0.675. The van der Waals surface area contributed by atoms with E-state index in [4.69, 9.17) is 10.5 Å². The summed E-state index contributed by atoms with van der Waals surface area (Å²) < 4.78 is 5.59. The minimum absolute atomic E-state index is 0.0000431. The van der Waals surface area contributed by atoms with Crippen molar-refractivity contribution in [3.05, 3.63) is 0 Å². The molecule has 0 heterocycles. The lowest BCUT2D eigenvalue weighted by molar-refractivity contribution is 0.00694. The Morgan fingerprint density at radius 2 is 2.00 bits per heavy atom. The molecule has 1 unspecified atom stereocenters. The fraction of sp³-hybridized carbons (Fsp3) is 1.00. The van der Waals surface area contributed by atoms with E-state index in [1.165, 1.54) is 0 Å². The van der Waals surface area contributed by atoms with Crippen molar-refractivity contribution in [2.24, 2.45) is 11.7 Å². The molecule has 3 heteroatoms. The highest BCUT2D eigenvalue weighted by molar-refractivity contribution is 7.99. The lowest BCUT2D eigenvalue weighted by Crippen LogP contribution is -2.21. The second kappa shape index (κ2) is 6.68. The zero-order valence-electron chi connectivity index (χ0n) is 9.30. The summed E-state index contributed by atoms with van der Waals surface area (Å²) in [6.45, 7) is 10.1. The smallest absolute Gasteiger partial charge is 0.0598 e. The number of thioether (sulfide) groups is 1. The highest BCUT2D eigenvalue weighted by Crippen LogP contribution is 2.10. The van der Waals surface area contributed by atoms with Crippen LogP contribution in [0.15, 0.2) is 0 Å². The summed E-state index contributed by atoms with van der Waals surface area (Å²) in [5.41, 5.74) is 5.51. The van der Waals surface area contributed by atoms with Gasteiger partial charge in [0.1, 0.15) is 0 Å². The number of hydrogen-bond acceptors (Lipinski definition) is 3. The van der Waals surface area contributed by atoms with Crippen molar-refractivity contribution in [1.29, 1.82) is 0 Å². The average molecular weight is 205 g/mol. The van der Waals surface area contributed by atoms with Crippen LogP contribution in [-0.4, -0.2) is 30.3 Å². The van der Waals surface area contributed by atoms with E-state index in [2.05, 4.69) is 27.7 Å². The van der Waals surface area contributed by atoms with Gasteiger partial charge in [-0.3, -0.25) is 0 Å². The molecule has 0 aromatic heterocycles. The molecule has 0 spiro atoms. The molecule has 1 atom stereocenters. The van der Waals surface area contributed by atoms with E-state index in [1.54, 1.807) is 0 Å². The van der Waals surface area contributed by atoms with Gasteiger partial charge >= 0.3 is 0 Å². The maximum Gasteiger partial charge on any atom is 0.0598 e. The first-order chi connectivity index (χ1) is 5.95. The van der Waals surface area contributed by atoms with Crippen LogP contribution in [0.3, 0.4) is 0 Å². The van der Waals surface area contributed by atoms with Crippen molar-refractivity contribution >= 4 is 11.8 Å². The van der Waals surface area contributed by atoms with Gasteiger partial charge in [0.25, 0.3) is 0 Å². The fourth-order valence-corrected chi connectivity index (χ4v) is 1.67. The van der Waals surface area contributed by atoms with Gasteiger partial charge in [-0.25, -0.2) is 0 Å². The Morgan fingerprint density at radius 1 is 1.38 bits per heavy atom. The molecule has 0 radical (unpaired) electrons. The number of rotatable bonds is 6. The zero-order chi connectivity index (χ0) is 10.3. The minimum Gasteiger partial charge on any atom is -0.375 e. The maximum absolute atomic E-state index is 5.59. The molecule has 0 saturated heterocycles. The van der Waals surface area contributed by atoms with Crippen LogP contribution in [0.1, 0.15) is 27.7 Å². The van der Waals surface area contributed by atoms with E-state index in [1.807, 2.05) is 11.8 Å². The first-order valence-corrected chi connectivity index (χ1v) is 6.03. The molecule has 13 heavy (non-hydrogen) atoms. The first-order valence-electron chi connectivity index (χ1n) is 4.87. The molecule has 0 aromatic carbocycles. The number of hydrogen-bond donors (Lipinski definition) is 1. The van der Waals surface area contributed by atoms with E-state index < -0.39 is 0 Å². The van der Waals surface area contributed by atoms with Crippen molar-refractivity contribution in [3.8, 4) is 0 Å². The van der Waals surface area contributed by atoms with Crippen LogP contribution in [0.25, 0.3) is 0 Å². The van der Waals surface area contributed by atoms with Crippen molar-refractivity contribution in [3.63, 3.8) is 0 Å². The molecule has 80 valence electrons. The molecule has 0 amide bonds. The molecule has 2 nitrogen and oxygen atoms in total. The lowest BCUT2D eigenvalue weighted by Gasteiger charge is -2.19. The molecule has 0 bridgehead atoms. The van der Waals surface area contributed by atoms with Gasteiger partial charge in [0.05, 0.1) is 12.2 Å². The standard InChI is InChI=1S/C10H23NOS/c1-9(7-11)8-13-6-5-12-10(2,3)4/h9H,5-8,11H2,1-4H3.